The first-order chi connectivity index (χ1) is 13.2. The molecule has 1 aliphatic rings. The van der Waals surface area contributed by atoms with Crippen molar-refractivity contribution in [1.82, 2.24) is 15.2 Å². The molecule has 0 atom stereocenters. The molecule has 1 N–H and O–H groups in total. The summed E-state index contributed by atoms with van der Waals surface area (Å²) in [5, 5.41) is 3.20. The van der Waals surface area contributed by atoms with Gasteiger partial charge >= 0.3 is 0 Å². The van der Waals surface area contributed by atoms with E-state index in [0.717, 1.165) is 42.7 Å². The van der Waals surface area contributed by atoms with E-state index in [9.17, 15) is 4.79 Å². The Labute approximate surface area is 168 Å². The maximum atomic E-state index is 12.7. The number of amides is 1. The molecule has 150 valence electrons. The second-order valence-corrected chi connectivity index (χ2v) is 8.81. The van der Waals surface area contributed by atoms with Crippen LogP contribution >= 0.6 is 0 Å². The van der Waals surface area contributed by atoms with E-state index in [-0.39, 0.29) is 17.5 Å². The average Bonchev–Trinajstić information content (AvgIpc) is 2.68. The van der Waals surface area contributed by atoms with Crippen molar-refractivity contribution in [2.24, 2.45) is 0 Å². The highest BCUT2D eigenvalue weighted by molar-refractivity contribution is 5.95. The number of anilines is 1. The monoisotopic (exact) mass is 380 g/mol. The number of piperidine rings is 1. The standard InChI is InChI=1S/C23H32N4O/c1-23(2,3)27-12-10-20(11-13-27)25-22(28)19-14-18(15-24-16-19)17-6-8-21(9-7-17)26(4)5/h6-9,14-16,20H,10-13H2,1-5H3,(H,25,28). The Kier molecular flexibility index (Phi) is 6.04. The molecule has 0 bridgehead atoms. The van der Waals surface area contributed by atoms with Crippen LogP contribution in [-0.2, 0) is 0 Å². The summed E-state index contributed by atoms with van der Waals surface area (Å²) in [6.45, 7) is 8.77. The highest BCUT2D eigenvalue weighted by Gasteiger charge is 2.27. The van der Waals surface area contributed by atoms with Gasteiger partial charge in [-0.1, -0.05) is 12.1 Å². The van der Waals surface area contributed by atoms with Gasteiger partial charge in [-0.05, 0) is 57.4 Å². The summed E-state index contributed by atoms with van der Waals surface area (Å²) in [5.41, 5.74) is 3.97. The van der Waals surface area contributed by atoms with Crippen LogP contribution in [0.15, 0.2) is 42.7 Å². The molecule has 0 spiro atoms. The molecule has 2 heterocycles. The molecule has 0 aliphatic carbocycles. The third-order valence-corrected chi connectivity index (χ3v) is 5.50. The highest BCUT2D eigenvalue weighted by atomic mass is 16.1. The minimum Gasteiger partial charge on any atom is -0.378 e. The lowest BCUT2D eigenvalue weighted by Crippen LogP contribution is -2.50. The largest absolute Gasteiger partial charge is 0.378 e. The summed E-state index contributed by atoms with van der Waals surface area (Å²) in [6.07, 6.45) is 5.44. The van der Waals surface area contributed by atoms with Crippen molar-refractivity contribution in [3.63, 3.8) is 0 Å². The number of hydrogen-bond acceptors (Lipinski definition) is 4. The van der Waals surface area contributed by atoms with E-state index in [0.29, 0.717) is 5.56 Å². The number of benzene rings is 1. The minimum atomic E-state index is -0.0338. The molecule has 1 aromatic carbocycles. The summed E-state index contributed by atoms with van der Waals surface area (Å²) >= 11 is 0. The molecule has 1 amide bonds. The normalized spacial score (nSPS) is 16.0. The number of carbonyl (C=O) groups is 1. The fraction of sp³-hybridized carbons (Fsp3) is 0.478. The number of aromatic nitrogens is 1. The molecule has 5 nitrogen and oxygen atoms in total. The van der Waals surface area contributed by atoms with Crippen LogP contribution in [0.1, 0.15) is 44.0 Å². The van der Waals surface area contributed by atoms with Crippen LogP contribution in [0.5, 0.6) is 0 Å². The molecule has 1 saturated heterocycles. The molecule has 0 saturated carbocycles. The van der Waals surface area contributed by atoms with Crippen LogP contribution in [0.4, 0.5) is 5.69 Å². The van der Waals surface area contributed by atoms with Crippen LogP contribution in [-0.4, -0.2) is 54.6 Å². The van der Waals surface area contributed by atoms with E-state index in [1.165, 1.54) is 0 Å². The van der Waals surface area contributed by atoms with Gasteiger partial charge in [-0.2, -0.15) is 0 Å². The number of nitrogens with zero attached hydrogens (tertiary/aromatic N) is 3. The Bertz CT molecular complexity index is 800. The molecule has 0 radical (unpaired) electrons. The van der Waals surface area contributed by atoms with Gasteiger partial charge in [0.15, 0.2) is 0 Å². The third-order valence-electron chi connectivity index (χ3n) is 5.50. The Morgan fingerprint density at radius 1 is 1.07 bits per heavy atom. The lowest BCUT2D eigenvalue weighted by atomic mass is 9.98. The quantitative estimate of drug-likeness (QED) is 0.876. The molecule has 28 heavy (non-hydrogen) atoms. The van der Waals surface area contributed by atoms with Crippen molar-refractivity contribution in [3.8, 4) is 11.1 Å². The van der Waals surface area contributed by atoms with Gasteiger partial charge in [0.2, 0.25) is 0 Å². The topological polar surface area (TPSA) is 48.5 Å². The number of likely N-dealkylation sites (tertiary alicyclic amines) is 1. The predicted molar refractivity (Wildman–Crippen MR) is 116 cm³/mol. The lowest BCUT2D eigenvalue weighted by molar-refractivity contribution is 0.0812. The molecule has 3 rings (SSSR count). The number of nitrogens with one attached hydrogen (secondary N) is 1. The zero-order valence-corrected chi connectivity index (χ0v) is 17.7. The van der Waals surface area contributed by atoms with Crippen LogP contribution < -0.4 is 10.2 Å². The Morgan fingerprint density at radius 2 is 1.71 bits per heavy atom. The van der Waals surface area contributed by atoms with Gasteiger partial charge < -0.3 is 10.2 Å². The summed E-state index contributed by atoms with van der Waals surface area (Å²) in [4.78, 5) is 21.6. The summed E-state index contributed by atoms with van der Waals surface area (Å²) < 4.78 is 0. The van der Waals surface area contributed by atoms with E-state index < -0.39 is 0 Å². The molecular formula is C23H32N4O. The smallest absolute Gasteiger partial charge is 0.253 e. The first-order valence-electron chi connectivity index (χ1n) is 10.0. The zero-order valence-electron chi connectivity index (χ0n) is 17.7. The molecule has 1 fully saturated rings. The fourth-order valence-electron chi connectivity index (χ4n) is 3.64. The van der Waals surface area contributed by atoms with Gasteiger partial charge in [-0.3, -0.25) is 14.7 Å². The van der Waals surface area contributed by atoms with E-state index >= 15 is 0 Å². The Hall–Kier alpha value is -2.40. The predicted octanol–water partition coefficient (Wildman–Crippen LogP) is 3.81. The van der Waals surface area contributed by atoms with Crippen molar-refractivity contribution in [1.29, 1.82) is 0 Å². The first kappa shape index (κ1) is 20.3. The number of rotatable bonds is 4. The summed E-state index contributed by atoms with van der Waals surface area (Å²) in [5.74, 6) is -0.0338. The summed E-state index contributed by atoms with van der Waals surface area (Å²) in [6, 6.07) is 10.4. The minimum absolute atomic E-state index is 0.0338. The van der Waals surface area contributed by atoms with Crippen LogP contribution in [0.3, 0.4) is 0 Å². The van der Waals surface area contributed by atoms with Crippen molar-refractivity contribution >= 4 is 11.6 Å². The van der Waals surface area contributed by atoms with Crippen molar-refractivity contribution < 1.29 is 4.79 Å². The first-order valence-corrected chi connectivity index (χ1v) is 10.0. The fourth-order valence-corrected chi connectivity index (χ4v) is 3.64. The molecular weight excluding hydrogens is 348 g/mol. The van der Waals surface area contributed by atoms with Crippen molar-refractivity contribution in [2.75, 3.05) is 32.1 Å². The van der Waals surface area contributed by atoms with Gasteiger partial charge in [0, 0.05) is 62.4 Å². The van der Waals surface area contributed by atoms with Crippen molar-refractivity contribution in [3.05, 3.63) is 48.3 Å². The van der Waals surface area contributed by atoms with Crippen LogP contribution in [0.2, 0.25) is 0 Å². The van der Waals surface area contributed by atoms with E-state index in [2.05, 4.69) is 65.1 Å². The highest BCUT2D eigenvalue weighted by Crippen LogP contribution is 2.23. The molecule has 5 heteroatoms. The second-order valence-electron chi connectivity index (χ2n) is 8.81. The summed E-state index contributed by atoms with van der Waals surface area (Å²) in [7, 11) is 4.04. The van der Waals surface area contributed by atoms with E-state index in [1.807, 2.05) is 26.4 Å². The number of carbonyl (C=O) groups excluding carboxylic acids is 1. The molecule has 2 aromatic rings. The second kappa shape index (κ2) is 8.31. The third kappa shape index (κ3) is 4.90. The van der Waals surface area contributed by atoms with Gasteiger partial charge in [-0.15, -0.1) is 0 Å². The zero-order chi connectivity index (χ0) is 20.3. The average molecular weight is 381 g/mol. The maximum Gasteiger partial charge on any atom is 0.253 e. The van der Waals surface area contributed by atoms with E-state index in [1.54, 1.807) is 6.20 Å². The number of pyridine rings is 1. The molecule has 1 aromatic heterocycles. The van der Waals surface area contributed by atoms with Crippen LogP contribution in [0, 0.1) is 0 Å². The van der Waals surface area contributed by atoms with E-state index in [4.69, 9.17) is 0 Å². The lowest BCUT2D eigenvalue weighted by Gasteiger charge is -2.41. The van der Waals surface area contributed by atoms with Gasteiger partial charge in [0.25, 0.3) is 5.91 Å². The maximum absolute atomic E-state index is 12.7. The van der Waals surface area contributed by atoms with Crippen molar-refractivity contribution in [2.45, 2.75) is 45.2 Å². The molecule has 1 aliphatic heterocycles. The van der Waals surface area contributed by atoms with Gasteiger partial charge in [0.1, 0.15) is 0 Å². The number of hydrogen-bond donors (Lipinski definition) is 1. The molecule has 0 unspecified atom stereocenters. The van der Waals surface area contributed by atoms with Gasteiger partial charge in [-0.25, -0.2) is 0 Å². The Morgan fingerprint density at radius 3 is 2.29 bits per heavy atom. The van der Waals surface area contributed by atoms with Gasteiger partial charge in [0.05, 0.1) is 5.56 Å². The van der Waals surface area contributed by atoms with Crippen LogP contribution in [0.25, 0.3) is 11.1 Å². The SMILES string of the molecule is CN(C)c1ccc(-c2cncc(C(=O)NC3CCN(C(C)(C)C)CC3)c2)cc1. The Balaban J connectivity index is 1.64.